The minimum absolute atomic E-state index is 0.203. The van der Waals surface area contributed by atoms with Crippen molar-refractivity contribution in [2.24, 2.45) is 13.0 Å². The van der Waals surface area contributed by atoms with Gasteiger partial charge in [-0.25, -0.2) is 4.79 Å². The van der Waals surface area contributed by atoms with E-state index in [1.807, 2.05) is 30.1 Å². The number of rotatable bonds is 5. The number of nitrogens with zero attached hydrogens (tertiary/aromatic N) is 5. The third kappa shape index (κ3) is 2.59. The van der Waals surface area contributed by atoms with Crippen LogP contribution in [0.2, 0.25) is 0 Å². The van der Waals surface area contributed by atoms with Crippen molar-refractivity contribution in [2.45, 2.75) is 50.2 Å². The van der Waals surface area contributed by atoms with E-state index in [1.54, 1.807) is 6.20 Å². The van der Waals surface area contributed by atoms with E-state index in [4.69, 9.17) is 0 Å². The van der Waals surface area contributed by atoms with Gasteiger partial charge in [-0.3, -0.25) is 9.67 Å². The highest BCUT2D eigenvalue weighted by atomic mass is 16.2. The molecular weight excluding hydrogens is 326 g/mol. The molecule has 3 atom stereocenters. The maximum absolute atomic E-state index is 13.3. The third-order valence-corrected chi connectivity index (χ3v) is 6.31. The maximum atomic E-state index is 13.3. The number of urea groups is 1. The largest absolute Gasteiger partial charge is 0.321 e. The highest BCUT2D eigenvalue weighted by Gasteiger charge is 2.54. The Labute approximate surface area is 153 Å². The van der Waals surface area contributed by atoms with Crippen molar-refractivity contribution in [2.75, 3.05) is 6.54 Å². The van der Waals surface area contributed by atoms with Crippen LogP contribution in [-0.2, 0) is 13.6 Å². The Balaban J connectivity index is 1.46. The van der Waals surface area contributed by atoms with E-state index in [0.29, 0.717) is 18.4 Å². The summed E-state index contributed by atoms with van der Waals surface area (Å²) in [6, 6.07) is 8.90. The van der Waals surface area contributed by atoms with E-state index in [2.05, 4.69) is 32.0 Å². The van der Waals surface area contributed by atoms with Crippen LogP contribution in [0.1, 0.15) is 43.0 Å². The molecule has 0 N–H and O–H groups in total. The van der Waals surface area contributed by atoms with Crippen LogP contribution in [0, 0.1) is 5.92 Å². The molecule has 1 saturated heterocycles. The molecule has 1 aliphatic heterocycles. The molecule has 136 valence electrons. The molecule has 0 aromatic carbocycles. The smallest absolute Gasteiger partial charge is 0.319 e. The molecular formula is C20H25N5O. The summed E-state index contributed by atoms with van der Waals surface area (Å²) in [5.41, 5.74) is 2.22. The number of carbonyl (C=O) groups excluding carboxylic acids is 1. The first-order valence-corrected chi connectivity index (χ1v) is 9.67. The zero-order chi connectivity index (χ0) is 17.7. The van der Waals surface area contributed by atoms with Gasteiger partial charge in [-0.2, -0.15) is 5.10 Å². The first kappa shape index (κ1) is 15.9. The van der Waals surface area contributed by atoms with Crippen LogP contribution in [0.4, 0.5) is 4.79 Å². The predicted octanol–water partition coefficient (Wildman–Crippen LogP) is 2.78. The fourth-order valence-corrected chi connectivity index (χ4v) is 4.77. The second kappa shape index (κ2) is 6.11. The van der Waals surface area contributed by atoms with E-state index >= 15 is 0 Å². The maximum Gasteiger partial charge on any atom is 0.321 e. The van der Waals surface area contributed by atoms with Gasteiger partial charge in [0, 0.05) is 37.6 Å². The molecule has 3 heterocycles. The van der Waals surface area contributed by atoms with Crippen LogP contribution >= 0.6 is 0 Å². The first-order chi connectivity index (χ1) is 12.7. The number of fused-ring (bicyclic) bond motifs is 1. The molecule has 0 bridgehead atoms. The number of pyridine rings is 1. The lowest BCUT2D eigenvalue weighted by molar-refractivity contribution is 0.174. The summed E-state index contributed by atoms with van der Waals surface area (Å²) >= 11 is 0. The van der Waals surface area contributed by atoms with E-state index in [-0.39, 0.29) is 18.1 Å². The van der Waals surface area contributed by atoms with Gasteiger partial charge in [0.25, 0.3) is 0 Å². The Morgan fingerprint density at radius 1 is 1.08 bits per heavy atom. The quantitative estimate of drug-likeness (QED) is 0.832. The number of hydrogen-bond acceptors (Lipinski definition) is 3. The molecule has 2 aromatic rings. The van der Waals surface area contributed by atoms with Gasteiger partial charge >= 0.3 is 6.03 Å². The highest BCUT2D eigenvalue weighted by molar-refractivity contribution is 5.78. The molecule has 2 aliphatic carbocycles. The summed E-state index contributed by atoms with van der Waals surface area (Å²) in [6.45, 7) is 1.55. The Morgan fingerprint density at radius 3 is 2.65 bits per heavy atom. The van der Waals surface area contributed by atoms with Gasteiger partial charge in [0.2, 0.25) is 0 Å². The number of hydrogen-bond donors (Lipinski definition) is 0. The van der Waals surface area contributed by atoms with E-state index in [9.17, 15) is 4.79 Å². The molecule has 26 heavy (non-hydrogen) atoms. The molecule has 2 saturated carbocycles. The van der Waals surface area contributed by atoms with Gasteiger partial charge in [-0.1, -0.05) is 6.07 Å². The predicted molar refractivity (Wildman–Crippen MR) is 97.4 cm³/mol. The van der Waals surface area contributed by atoms with Crippen molar-refractivity contribution in [3.63, 3.8) is 0 Å². The van der Waals surface area contributed by atoms with Crippen LogP contribution < -0.4 is 0 Å². The molecule has 0 unspecified atom stereocenters. The Bertz CT molecular complexity index is 800. The van der Waals surface area contributed by atoms with Crippen molar-refractivity contribution in [1.29, 1.82) is 0 Å². The van der Waals surface area contributed by atoms with Crippen molar-refractivity contribution in [3.8, 4) is 0 Å². The van der Waals surface area contributed by atoms with E-state index in [1.165, 1.54) is 12.8 Å². The van der Waals surface area contributed by atoms with Gasteiger partial charge in [-0.05, 0) is 49.8 Å². The van der Waals surface area contributed by atoms with Crippen molar-refractivity contribution in [1.82, 2.24) is 24.6 Å². The van der Waals surface area contributed by atoms with Crippen LogP contribution in [0.15, 0.2) is 36.7 Å². The lowest BCUT2D eigenvalue weighted by Crippen LogP contribution is -2.39. The topological polar surface area (TPSA) is 54.3 Å². The molecule has 3 fully saturated rings. The first-order valence-electron chi connectivity index (χ1n) is 9.67. The third-order valence-electron chi connectivity index (χ3n) is 6.31. The van der Waals surface area contributed by atoms with Gasteiger partial charge in [0.15, 0.2) is 0 Å². The van der Waals surface area contributed by atoms with E-state index in [0.717, 1.165) is 30.8 Å². The van der Waals surface area contributed by atoms with Crippen LogP contribution in [0.3, 0.4) is 0 Å². The zero-order valence-electron chi connectivity index (χ0n) is 15.2. The Kier molecular flexibility index (Phi) is 3.72. The second-order valence-electron chi connectivity index (χ2n) is 7.95. The summed E-state index contributed by atoms with van der Waals surface area (Å²) in [4.78, 5) is 22.2. The summed E-state index contributed by atoms with van der Waals surface area (Å²) < 4.78 is 1.87. The SMILES string of the molecule is Cn1nccc1CN1C(=O)N(CC2CC2)[C@@H]2[C@H](c3ccccn3)CC[C@@H]21. The lowest BCUT2D eigenvalue weighted by Gasteiger charge is -2.27. The summed E-state index contributed by atoms with van der Waals surface area (Å²) in [6.07, 6.45) is 8.35. The average Bonchev–Trinajstić information content (AvgIpc) is 3.14. The minimum atomic E-state index is 0.203. The van der Waals surface area contributed by atoms with Crippen molar-refractivity contribution < 1.29 is 4.79 Å². The monoisotopic (exact) mass is 351 g/mol. The van der Waals surface area contributed by atoms with Crippen molar-refractivity contribution >= 4 is 6.03 Å². The molecule has 2 amide bonds. The highest BCUT2D eigenvalue weighted by Crippen LogP contribution is 2.46. The summed E-state index contributed by atoms with van der Waals surface area (Å²) in [5.74, 6) is 1.04. The Morgan fingerprint density at radius 2 is 1.96 bits per heavy atom. The van der Waals surface area contributed by atoms with Crippen LogP contribution in [-0.4, -0.2) is 49.2 Å². The molecule has 3 aliphatic rings. The van der Waals surface area contributed by atoms with E-state index < -0.39 is 0 Å². The summed E-state index contributed by atoms with van der Waals surface area (Å²) in [5, 5.41) is 4.26. The van der Waals surface area contributed by atoms with Crippen LogP contribution in [0.5, 0.6) is 0 Å². The number of amides is 2. The molecule has 6 nitrogen and oxygen atoms in total. The van der Waals surface area contributed by atoms with Gasteiger partial charge < -0.3 is 9.80 Å². The molecule has 2 aromatic heterocycles. The molecule has 6 heteroatoms. The Hall–Kier alpha value is -2.37. The minimum Gasteiger partial charge on any atom is -0.319 e. The van der Waals surface area contributed by atoms with Gasteiger partial charge in [0.05, 0.1) is 24.3 Å². The molecule has 0 spiro atoms. The van der Waals surface area contributed by atoms with Gasteiger partial charge in [0.1, 0.15) is 0 Å². The number of carbonyl (C=O) groups is 1. The van der Waals surface area contributed by atoms with Gasteiger partial charge in [-0.15, -0.1) is 0 Å². The number of aromatic nitrogens is 3. The molecule has 5 rings (SSSR count). The average molecular weight is 351 g/mol. The lowest BCUT2D eigenvalue weighted by atomic mass is 9.97. The molecule has 0 radical (unpaired) electrons. The van der Waals surface area contributed by atoms with Crippen molar-refractivity contribution in [3.05, 3.63) is 48.0 Å². The fourth-order valence-electron chi connectivity index (χ4n) is 4.77. The summed E-state index contributed by atoms with van der Waals surface area (Å²) in [7, 11) is 1.95. The fraction of sp³-hybridized carbons (Fsp3) is 0.550. The second-order valence-corrected chi connectivity index (χ2v) is 7.95. The van der Waals surface area contributed by atoms with Crippen LogP contribution in [0.25, 0.3) is 0 Å². The standard InChI is InChI=1S/C20H25N5O/c1-23-15(9-11-22-23)13-24-18-8-7-16(17-4-2-3-10-21-17)19(18)25(20(24)26)12-14-5-6-14/h2-4,9-11,14,16,18-19H,5-8,12-13H2,1H3/t16-,18-,19+/m0/s1. The number of aryl methyl sites for hydroxylation is 1. The normalized spacial score (nSPS) is 28.0. The zero-order valence-corrected chi connectivity index (χ0v) is 15.2.